The van der Waals surface area contributed by atoms with Crippen molar-refractivity contribution in [2.45, 2.75) is 20.3 Å². The van der Waals surface area contributed by atoms with Crippen LogP contribution in [0.2, 0.25) is 0 Å². The van der Waals surface area contributed by atoms with Crippen LogP contribution in [-0.4, -0.2) is 4.57 Å². The van der Waals surface area contributed by atoms with E-state index in [0.717, 1.165) is 79.6 Å². The molecule has 5 heteroatoms. The molecule has 0 bridgehead atoms. The molecule has 0 radical (unpaired) electrons. The molecule has 2 aromatic heterocycles. The third-order valence-corrected chi connectivity index (χ3v) is 13.2. The fraction of sp³-hybridized carbons (Fsp3) is 0.0484. The predicted octanol–water partition coefficient (Wildman–Crippen LogP) is 16.8. The summed E-state index contributed by atoms with van der Waals surface area (Å²) in [5, 5.41) is 3.64. The maximum Gasteiger partial charge on any atom is 0.200 e. The summed E-state index contributed by atoms with van der Waals surface area (Å²) in [4.78, 5) is 18.0. The molecule has 3 heterocycles. The Balaban J connectivity index is 0.936. The molecule has 11 aromatic rings. The molecule has 67 heavy (non-hydrogen) atoms. The molecule has 0 fully saturated rings. The number of rotatable bonds is 8. The number of aromatic nitrogens is 1. The number of hydrogen-bond donors (Lipinski definition) is 0. The van der Waals surface area contributed by atoms with E-state index in [0.29, 0.717) is 21.9 Å². The first-order valence-corrected chi connectivity index (χ1v) is 23.0. The van der Waals surface area contributed by atoms with Gasteiger partial charge >= 0.3 is 0 Å². The van der Waals surface area contributed by atoms with Crippen LogP contribution in [0.5, 0.6) is 0 Å². The molecule has 320 valence electrons. The third-order valence-electron chi connectivity index (χ3n) is 13.2. The second-order valence-electron chi connectivity index (χ2n) is 17.1. The van der Waals surface area contributed by atoms with Crippen molar-refractivity contribution in [3.8, 4) is 39.1 Å². The van der Waals surface area contributed by atoms with E-state index in [1.165, 1.54) is 21.8 Å². The van der Waals surface area contributed by atoms with E-state index in [1.807, 2.05) is 42.5 Å². The van der Waals surface area contributed by atoms with Crippen LogP contribution in [0.15, 0.2) is 239 Å². The van der Waals surface area contributed by atoms with Gasteiger partial charge in [0, 0.05) is 27.8 Å². The molecular formula is C62H45N3O2. The monoisotopic (exact) mass is 863 g/mol. The van der Waals surface area contributed by atoms with Crippen molar-refractivity contribution in [2.24, 2.45) is 0 Å². The molecule has 5 nitrogen and oxygen atoms in total. The minimum atomic E-state index is -0.00957. The lowest BCUT2D eigenvalue weighted by Gasteiger charge is -2.41. The SMILES string of the molecule is C/C=C(\C=C/CC)N1c2ccccc2N(c2ccc(-c3ccc(-c4ccc5c(=O)c6ccccc6oc5c4)cc3)cc2)c2cc(-c3ccc4c(c3)c3ccccc3n4-c3ccccc3)ccc21. The van der Waals surface area contributed by atoms with Gasteiger partial charge in [-0.15, -0.1) is 0 Å². The highest BCUT2D eigenvalue weighted by Crippen LogP contribution is 2.54. The summed E-state index contributed by atoms with van der Waals surface area (Å²) >= 11 is 0. The Morgan fingerprint density at radius 1 is 0.463 bits per heavy atom. The summed E-state index contributed by atoms with van der Waals surface area (Å²) < 4.78 is 8.55. The van der Waals surface area contributed by atoms with E-state index < -0.39 is 0 Å². The highest BCUT2D eigenvalue weighted by molar-refractivity contribution is 6.11. The molecule has 0 atom stereocenters. The van der Waals surface area contributed by atoms with Gasteiger partial charge in [0.15, 0.2) is 0 Å². The van der Waals surface area contributed by atoms with Crippen LogP contribution in [0.25, 0.3) is 82.8 Å². The van der Waals surface area contributed by atoms with Gasteiger partial charge in [0.1, 0.15) is 11.2 Å². The van der Waals surface area contributed by atoms with Crippen molar-refractivity contribution in [1.29, 1.82) is 0 Å². The Morgan fingerprint density at radius 2 is 1.03 bits per heavy atom. The zero-order chi connectivity index (χ0) is 45.0. The van der Waals surface area contributed by atoms with E-state index in [9.17, 15) is 4.79 Å². The maximum atomic E-state index is 13.2. The van der Waals surface area contributed by atoms with E-state index in [2.05, 4.69) is 210 Å². The van der Waals surface area contributed by atoms with Crippen molar-refractivity contribution in [2.75, 3.05) is 9.80 Å². The summed E-state index contributed by atoms with van der Waals surface area (Å²) in [6.07, 6.45) is 7.61. The van der Waals surface area contributed by atoms with Crippen LogP contribution in [0.3, 0.4) is 0 Å². The lowest BCUT2D eigenvalue weighted by atomic mass is 9.97. The molecule has 0 aliphatic carbocycles. The Morgan fingerprint density at radius 3 is 1.81 bits per heavy atom. The Hall–Kier alpha value is -8.67. The fourth-order valence-corrected chi connectivity index (χ4v) is 9.91. The number of hydrogen-bond acceptors (Lipinski definition) is 4. The lowest BCUT2D eigenvalue weighted by Crippen LogP contribution is -2.26. The topological polar surface area (TPSA) is 41.6 Å². The standard InChI is InChI=1S/C62H45N3O2/c1-3-5-15-47(4-2)63-56-21-12-13-22-57(56)65(59-39-45(32-37-58(59)63)44-31-36-55-53(38-44)50-18-9-11-20-54(50)64(55)48-16-7-6-8-17-48)49-33-28-42(29-34-49)41-24-26-43(27-25-41)46-30-35-52-61(40-46)67-60-23-14-10-19-51(60)62(52)66/h4-40H,3H2,1-2H3/b15-5-,47-4+. The smallest absolute Gasteiger partial charge is 0.200 e. The Labute approximate surface area is 389 Å². The zero-order valence-corrected chi connectivity index (χ0v) is 37.2. The van der Waals surface area contributed by atoms with Gasteiger partial charge in [-0.05, 0) is 144 Å². The van der Waals surface area contributed by atoms with Gasteiger partial charge in [-0.3, -0.25) is 4.79 Å². The van der Waals surface area contributed by atoms with Gasteiger partial charge in [0.25, 0.3) is 0 Å². The average Bonchev–Trinajstić information content (AvgIpc) is 3.72. The number of nitrogens with zero attached hydrogens (tertiary/aromatic N) is 3. The second-order valence-corrected chi connectivity index (χ2v) is 17.1. The lowest BCUT2D eigenvalue weighted by molar-refractivity contribution is 0.660. The summed E-state index contributed by atoms with van der Waals surface area (Å²) in [6, 6.07) is 72.6. The van der Waals surface area contributed by atoms with Crippen LogP contribution in [0.4, 0.5) is 28.4 Å². The first kappa shape index (κ1) is 39.9. The number of anilines is 5. The quantitative estimate of drug-likeness (QED) is 0.113. The van der Waals surface area contributed by atoms with Gasteiger partial charge in [-0.1, -0.05) is 134 Å². The number of benzene rings is 9. The predicted molar refractivity (Wildman–Crippen MR) is 281 cm³/mol. The summed E-state index contributed by atoms with van der Waals surface area (Å²) in [7, 11) is 0. The van der Waals surface area contributed by atoms with Crippen molar-refractivity contribution in [3.05, 3.63) is 240 Å². The third kappa shape index (κ3) is 6.74. The van der Waals surface area contributed by atoms with Crippen LogP contribution in [-0.2, 0) is 0 Å². The average molecular weight is 864 g/mol. The largest absolute Gasteiger partial charge is 0.456 e. The molecule has 12 rings (SSSR count). The van der Waals surface area contributed by atoms with Gasteiger partial charge in [-0.2, -0.15) is 0 Å². The highest BCUT2D eigenvalue weighted by Gasteiger charge is 2.31. The van der Waals surface area contributed by atoms with Gasteiger partial charge in [0.05, 0.1) is 44.6 Å². The molecule has 9 aromatic carbocycles. The number of para-hydroxylation sites is 5. The van der Waals surface area contributed by atoms with E-state index >= 15 is 0 Å². The molecule has 0 unspecified atom stereocenters. The van der Waals surface area contributed by atoms with E-state index in [-0.39, 0.29) is 5.43 Å². The summed E-state index contributed by atoms with van der Waals surface area (Å²) in [6.45, 7) is 4.29. The molecule has 0 saturated carbocycles. The summed E-state index contributed by atoms with van der Waals surface area (Å²) in [5.74, 6) is 0. The molecule has 1 aliphatic heterocycles. The molecule has 1 aliphatic rings. The molecule has 0 saturated heterocycles. The minimum Gasteiger partial charge on any atom is -0.456 e. The van der Waals surface area contributed by atoms with Crippen molar-refractivity contribution >= 4 is 72.2 Å². The fourth-order valence-electron chi connectivity index (χ4n) is 9.91. The maximum absolute atomic E-state index is 13.2. The molecular weight excluding hydrogens is 819 g/mol. The van der Waals surface area contributed by atoms with Crippen molar-refractivity contribution in [1.82, 2.24) is 4.57 Å². The van der Waals surface area contributed by atoms with Gasteiger partial charge in [-0.25, -0.2) is 0 Å². The van der Waals surface area contributed by atoms with Crippen molar-refractivity contribution < 1.29 is 4.42 Å². The second kappa shape index (κ2) is 16.4. The van der Waals surface area contributed by atoms with Crippen LogP contribution >= 0.6 is 0 Å². The van der Waals surface area contributed by atoms with Crippen molar-refractivity contribution in [3.63, 3.8) is 0 Å². The zero-order valence-electron chi connectivity index (χ0n) is 37.2. The van der Waals surface area contributed by atoms with Crippen LogP contribution in [0, 0.1) is 0 Å². The Bertz CT molecular complexity index is 3820. The molecule has 0 N–H and O–H groups in total. The summed E-state index contributed by atoms with van der Waals surface area (Å²) in [5.41, 5.74) is 17.9. The van der Waals surface area contributed by atoms with Crippen LogP contribution in [0.1, 0.15) is 20.3 Å². The Kier molecular flexibility index (Phi) is 9.76. The van der Waals surface area contributed by atoms with E-state index in [1.54, 1.807) is 0 Å². The number of allylic oxidation sites excluding steroid dienone is 3. The highest BCUT2D eigenvalue weighted by atomic mass is 16.3. The minimum absolute atomic E-state index is 0.00957. The molecule has 0 spiro atoms. The van der Waals surface area contributed by atoms with E-state index in [4.69, 9.17) is 4.42 Å². The number of fused-ring (bicyclic) bond motifs is 7. The van der Waals surface area contributed by atoms with Gasteiger partial charge < -0.3 is 18.8 Å². The normalized spacial score (nSPS) is 12.7. The molecule has 0 amide bonds. The first-order valence-electron chi connectivity index (χ1n) is 23.0. The van der Waals surface area contributed by atoms with Gasteiger partial charge in [0.2, 0.25) is 5.43 Å². The van der Waals surface area contributed by atoms with Crippen LogP contribution < -0.4 is 15.2 Å². The first-order chi connectivity index (χ1) is 33.1.